The maximum Gasteiger partial charge on any atom is 0.257 e. The molecule has 1 heterocycles. The second-order valence-electron chi connectivity index (χ2n) is 5.62. The fourth-order valence-electron chi connectivity index (χ4n) is 2.46. The molecule has 2 rings (SSSR count). The van der Waals surface area contributed by atoms with Crippen molar-refractivity contribution in [3.8, 4) is 0 Å². The van der Waals surface area contributed by atoms with Crippen LogP contribution < -0.4 is 0 Å². The van der Waals surface area contributed by atoms with Crippen molar-refractivity contribution in [2.24, 2.45) is 3.77 Å². The summed E-state index contributed by atoms with van der Waals surface area (Å²) in [6.07, 6.45) is 1.00. The summed E-state index contributed by atoms with van der Waals surface area (Å²) >= 11 is 0. The van der Waals surface area contributed by atoms with E-state index in [0.717, 1.165) is 12.8 Å². The molecule has 0 amide bonds. The minimum absolute atomic E-state index is 0.324. The second-order valence-corrected chi connectivity index (χ2v) is 10.0. The van der Waals surface area contributed by atoms with Gasteiger partial charge in [-0.15, -0.1) is 3.77 Å². The summed E-state index contributed by atoms with van der Waals surface area (Å²) in [7, 11) is -6.14. The van der Waals surface area contributed by atoms with Gasteiger partial charge in [0.2, 0.25) is 0 Å². The van der Waals surface area contributed by atoms with Gasteiger partial charge in [-0.25, -0.2) is 12.6 Å². The SMILES string of the molecule is Cc1cccc(CN2CCS(=O)(=NS(C)(=O)=O)CC2)c1C. The normalized spacial score (nSPS) is 19.4. The lowest BCUT2D eigenvalue weighted by Gasteiger charge is -2.29. The first-order chi connectivity index (χ1) is 9.69. The van der Waals surface area contributed by atoms with E-state index in [1.54, 1.807) is 0 Å². The maximum absolute atomic E-state index is 12.4. The third-order valence-electron chi connectivity index (χ3n) is 3.83. The molecular formula is C14H22N2O3S2. The lowest BCUT2D eigenvalue weighted by molar-refractivity contribution is 0.290. The Morgan fingerprint density at radius 2 is 1.86 bits per heavy atom. The number of nitrogens with zero attached hydrogens (tertiary/aromatic N) is 2. The van der Waals surface area contributed by atoms with Crippen molar-refractivity contribution in [1.82, 2.24) is 4.90 Å². The van der Waals surface area contributed by atoms with E-state index >= 15 is 0 Å². The average molecular weight is 330 g/mol. The van der Waals surface area contributed by atoms with Crippen LogP contribution in [0.25, 0.3) is 0 Å². The van der Waals surface area contributed by atoms with Gasteiger partial charge in [0.25, 0.3) is 10.0 Å². The van der Waals surface area contributed by atoms with E-state index in [2.05, 4.69) is 34.6 Å². The molecule has 0 N–H and O–H groups in total. The quantitative estimate of drug-likeness (QED) is 0.843. The van der Waals surface area contributed by atoms with E-state index < -0.39 is 19.8 Å². The molecule has 0 saturated carbocycles. The zero-order valence-corrected chi connectivity index (χ0v) is 14.3. The van der Waals surface area contributed by atoms with Gasteiger partial charge in [-0.05, 0) is 30.5 Å². The zero-order valence-electron chi connectivity index (χ0n) is 12.7. The van der Waals surface area contributed by atoms with Crippen molar-refractivity contribution >= 4 is 19.8 Å². The summed E-state index contributed by atoms with van der Waals surface area (Å²) in [5, 5.41) is 0. The highest BCUT2D eigenvalue weighted by molar-refractivity contribution is 8.03. The molecule has 118 valence electrons. The van der Waals surface area contributed by atoms with Crippen LogP contribution in [0, 0.1) is 13.8 Å². The number of sulfonamides is 1. The van der Waals surface area contributed by atoms with Gasteiger partial charge >= 0.3 is 0 Å². The molecule has 0 aliphatic carbocycles. The van der Waals surface area contributed by atoms with Crippen LogP contribution in [0.3, 0.4) is 0 Å². The van der Waals surface area contributed by atoms with Crippen LogP contribution in [0.1, 0.15) is 16.7 Å². The number of benzene rings is 1. The lowest BCUT2D eigenvalue weighted by Crippen LogP contribution is -2.40. The predicted molar refractivity (Wildman–Crippen MR) is 86.3 cm³/mol. The fraction of sp³-hybridized carbons (Fsp3) is 0.571. The van der Waals surface area contributed by atoms with E-state index in [0.29, 0.717) is 24.6 Å². The molecule has 0 bridgehead atoms. The Hall–Kier alpha value is -0.920. The van der Waals surface area contributed by atoms with Crippen LogP contribution >= 0.6 is 0 Å². The number of hydrogen-bond donors (Lipinski definition) is 0. The van der Waals surface area contributed by atoms with Crippen LogP contribution in [0.2, 0.25) is 0 Å². The van der Waals surface area contributed by atoms with Gasteiger partial charge in [-0.3, -0.25) is 4.90 Å². The molecule has 1 fully saturated rings. The summed E-state index contributed by atoms with van der Waals surface area (Å²) in [6, 6.07) is 6.24. The van der Waals surface area contributed by atoms with Crippen LogP contribution in [0.15, 0.2) is 22.0 Å². The monoisotopic (exact) mass is 330 g/mol. The first kappa shape index (κ1) is 16.5. The van der Waals surface area contributed by atoms with Gasteiger partial charge in [0.1, 0.15) is 0 Å². The highest BCUT2D eigenvalue weighted by atomic mass is 32.3. The molecule has 0 radical (unpaired) electrons. The largest absolute Gasteiger partial charge is 0.297 e. The van der Waals surface area contributed by atoms with Crippen molar-refractivity contribution in [3.63, 3.8) is 0 Å². The highest BCUT2D eigenvalue weighted by Crippen LogP contribution is 2.17. The first-order valence-electron chi connectivity index (χ1n) is 6.90. The average Bonchev–Trinajstić information content (AvgIpc) is 2.35. The number of hydrogen-bond acceptors (Lipinski definition) is 4. The van der Waals surface area contributed by atoms with Crippen LogP contribution in [-0.4, -0.2) is 48.4 Å². The van der Waals surface area contributed by atoms with Crippen LogP contribution in [0.5, 0.6) is 0 Å². The number of rotatable bonds is 3. The Balaban J connectivity index is 2.07. The Morgan fingerprint density at radius 3 is 2.43 bits per heavy atom. The van der Waals surface area contributed by atoms with Crippen molar-refractivity contribution in [2.75, 3.05) is 30.9 Å². The van der Waals surface area contributed by atoms with E-state index in [-0.39, 0.29) is 0 Å². The molecule has 0 atom stereocenters. The van der Waals surface area contributed by atoms with Gasteiger partial charge in [0.15, 0.2) is 0 Å². The molecule has 0 spiro atoms. The third kappa shape index (κ3) is 4.52. The Bertz CT molecular complexity index is 733. The summed E-state index contributed by atoms with van der Waals surface area (Å²) in [5.41, 5.74) is 3.81. The first-order valence-corrected chi connectivity index (χ1v) is 10.6. The molecule has 21 heavy (non-hydrogen) atoms. The molecule has 1 aliphatic heterocycles. The minimum Gasteiger partial charge on any atom is -0.297 e. The van der Waals surface area contributed by atoms with Gasteiger partial charge in [-0.2, -0.15) is 0 Å². The molecule has 1 saturated heterocycles. The van der Waals surface area contributed by atoms with Gasteiger partial charge in [0, 0.05) is 31.1 Å². The van der Waals surface area contributed by atoms with Crippen molar-refractivity contribution in [1.29, 1.82) is 0 Å². The summed E-state index contributed by atoms with van der Waals surface area (Å²) in [6.45, 7) is 6.24. The minimum atomic E-state index is -3.54. The number of aryl methyl sites for hydroxylation is 1. The zero-order chi connectivity index (χ0) is 15.7. The third-order valence-corrected chi connectivity index (χ3v) is 7.65. The Kier molecular flexibility index (Phi) is 4.75. The smallest absolute Gasteiger partial charge is 0.257 e. The van der Waals surface area contributed by atoms with Gasteiger partial charge in [0.05, 0.1) is 16.0 Å². The molecule has 0 unspecified atom stereocenters. The fourth-order valence-corrected chi connectivity index (χ4v) is 6.32. The molecule has 1 aliphatic rings. The standard InChI is InChI=1S/C14H22N2O3S2/c1-12-5-4-6-14(13(12)2)11-16-7-9-21(19,10-8-16)15-20(3,17)18/h4-6H,7-11H2,1-3H3. The predicted octanol–water partition coefficient (Wildman–Crippen LogP) is 1.55. The topological polar surface area (TPSA) is 66.8 Å². The lowest BCUT2D eigenvalue weighted by atomic mass is 10.0. The Labute approximate surface area is 127 Å². The Morgan fingerprint density at radius 1 is 1.24 bits per heavy atom. The molecular weight excluding hydrogens is 308 g/mol. The second kappa shape index (κ2) is 6.06. The van der Waals surface area contributed by atoms with Crippen LogP contribution in [0.4, 0.5) is 0 Å². The molecule has 1 aromatic carbocycles. The maximum atomic E-state index is 12.4. The van der Waals surface area contributed by atoms with E-state index in [1.165, 1.54) is 16.7 Å². The molecule has 0 aromatic heterocycles. The highest BCUT2D eigenvalue weighted by Gasteiger charge is 2.22. The van der Waals surface area contributed by atoms with Crippen molar-refractivity contribution < 1.29 is 12.6 Å². The van der Waals surface area contributed by atoms with E-state index in [1.807, 2.05) is 6.07 Å². The molecule has 1 aromatic rings. The summed E-state index contributed by atoms with van der Waals surface area (Å²) in [4.78, 5) is 2.21. The van der Waals surface area contributed by atoms with E-state index in [9.17, 15) is 12.6 Å². The van der Waals surface area contributed by atoms with Gasteiger partial charge in [-0.1, -0.05) is 18.2 Å². The van der Waals surface area contributed by atoms with Crippen molar-refractivity contribution in [3.05, 3.63) is 34.9 Å². The summed E-state index contributed by atoms with van der Waals surface area (Å²) < 4.78 is 38.3. The molecule has 7 heteroatoms. The van der Waals surface area contributed by atoms with Crippen molar-refractivity contribution in [2.45, 2.75) is 20.4 Å². The molecule has 5 nitrogen and oxygen atoms in total. The van der Waals surface area contributed by atoms with E-state index in [4.69, 9.17) is 0 Å². The summed E-state index contributed by atoms with van der Waals surface area (Å²) in [5.74, 6) is 0.649. The van der Waals surface area contributed by atoms with Crippen LogP contribution in [-0.2, 0) is 26.3 Å². The van der Waals surface area contributed by atoms with Gasteiger partial charge < -0.3 is 0 Å².